The van der Waals surface area contributed by atoms with Crippen LogP contribution in [0.4, 0.5) is 5.95 Å². The summed E-state index contributed by atoms with van der Waals surface area (Å²) in [7, 11) is 1.60. The largest absolute Gasteiger partial charge is 0.497 e. The maximum absolute atomic E-state index is 13.1. The van der Waals surface area contributed by atoms with Crippen molar-refractivity contribution in [1.29, 1.82) is 0 Å². The van der Waals surface area contributed by atoms with Crippen LogP contribution in [-0.2, 0) is 4.79 Å². The first-order valence-corrected chi connectivity index (χ1v) is 11.9. The maximum Gasteiger partial charge on any atom is 0.254 e. The first-order valence-electron chi connectivity index (χ1n) is 11.5. The standard InChI is InChI=1S/C28H27ClN4O3/c1-4-32(27(35)21-10-8-19(2)9-11-21)18-26(34)31-28-30-25(20-12-14-22(29)15-13-20)17-33(28)23-6-5-7-24(16-23)36-3/h5-17H,4,18H2,1-3H3,(H,30,31,34). The lowest BCUT2D eigenvalue weighted by molar-refractivity contribution is -0.116. The number of aryl methyl sites for hydroxylation is 1. The van der Waals surface area contributed by atoms with Gasteiger partial charge >= 0.3 is 0 Å². The number of anilines is 1. The number of ether oxygens (including phenoxy) is 1. The van der Waals surface area contributed by atoms with Gasteiger partial charge in [0.25, 0.3) is 5.91 Å². The smallest absolute Gasteiger partial charge is 0.254 e. The van der Waals surface area contributed by atoms with Gasteiger partial charge in [0.1, 0.15) is 12.3 Å². The van der Waals surface area contributed by atoms with Gasteiger partial charge < -0.3 is 9.64 Å². The topological polar surface area (TPSA) is 76.5 Å². The molecular formula is C28H27ClN4O3. The minimum Gasteiger partial charge on any atom is -0.497 e. The molecule has 8 heteroatoms. The number of likely N-dealkylation sites (N-methyl/N-ethyl adjacent to an activating group) is 1. The average molecular weight is 503 g/mol. The van der Waals surface area contributed by atoms with Crippen LogP contribution in [0, 0.1) is 6.92 Å². The Bertz CT molecular complexity index is 1360. The number of hydrogen-bond acceptors (Lipinski definition) is 4. The van der Waals surface area contributed by atoms with Gasteiger partial charge in [-0.15, -0.1) is 0 Å². The van der Waals surface area contributed by atoms with Gasteiger partial charge in [0, 0.05) is 35.0 Å². The molecule has 3 aromatic carbocycles. The Morgan fingerprint density at radius 1 is 1.06 bits per heavy atom. The van der Waals surface area contributed by atoms with Crippen molar-refractivity contribution in [1.82, 2.24) is 14.5 Å². The first-order chi connectivity index (χ1) is 17.4. The molecule has 4 rings (SSSR count). The SMILES string of the molecule is CCN(CC(=O)Nc1nc(-c2ccc(Cl)cc2)cn1-c1cccc(OC)c1)C(=O)c1ccc(C)cc1. The van der Waals surface area contributed by atoms with E-state index < -0.39 is 0 Å². The molecule has 2 amide bonds. The number of carbonyl (C=O) groups is 2. The molecular weight excluding hydrogens is 476 g/mol. The van der Waals surface area contributed by atoms with E-state index in [0.717, 1.165) is 16.8 Å². The Morgan fingerprint density at radius 3 is 2.44 bits per heavy atom. The van der Waals surface area contributed by atoms with Crippen LogP contribution in [0.5, 0.6) is 5.75 Å². The van der Waals surface area contributed by atoms with Crippen LogP contribution < -0.4 is 10.1 Å². The first kappa shape index (κ1) is 25.0. The molecule has 184 valence electrons. The van der Waals surface area contributed by atoms with E-state index in [-0.39, 0.29) is 18.4 Å². The number of halogens is 1. The highest BCUT2D eigenvalue weighted by Gasteiger charge is 2.20. The molecule has 0 fully saturated rings. The fourth-order valence-electron chi connectivity index (χ4n) is 3.73. The van der Waals surface area contributed by atoms with E-state index in [1.54, 1.807) is 35.9 Å². The molecule has 0 atom stereocenters. The van der Waals surface area contributed by atoms with E-state index in [0.29, 0.717) is 34.5 Å². The van der Waals surface area contributed by atoms with Crippen LogP contribution in [0.1, 0.15) is 22.8 Å². The molecule has 0 unspecified atom stereocenters. The van der Waals surface area contributed by atoms with Gasteiger partial charge in [-0.05, 0) is 50.2 Å². The number of aromatic nitrogens is 2. The fraction of sp³-hybridized carbons (Fsp3) is 0.179. The Kier molecular flexibility index (Phi) is 7.71. The number of benzene rings is 3. The zero-order valence-corrected chi connectivity index (χ0v) is 21.1. The van der Waals surface area contributed by atoms with Crippen LogP contribution in [0.25, 0.3) is 16.9 Å². The number of imidazole rings is 1. The highest BCUT2D eigenvalue weighted by atomic mass is 35.5. The quantitative estimate of drug-likeness (QED) is 0.340. The zero-order valence-electron chi connectivity index (χ0n) is 20.4. The molecule has 0 bridgehead atoms. The van der Waals surface area contributed by atoms with Crippen molar-refractivity contribution < 1.29 is 14.3 Å². The average Bonchev–Trinajstić information content (AvgIpc) is 3.31. The maximum atomic E-state index is 13.1. The highest BCUT2D eigenvalue weighted by molar-refractivity contribution is 6.30. The Labute approximate surface area is 215 Å². The van der Waals surface area contributed by atoms with Crippen molar-refractivity contribution >= 4 is 29.4 Å². The predicted molar refractivity (Wildman–Crippen MR) is 142 cm³/mol. The lowest BCUT2D eigenvalue weighted by Crippen LogP contribution is -2.38. The molecule has 0 aliphatic rings. The minimum absolute atomic E-state index is 0.107. The van der Waals surface area contributed by atoms with Gasteiger partial charge in [0.15, 0.2) is 0 Å². The summed E-state index contributed by atoms with van der Waals surface area (Å²) >= 11 is 6.04. The highest BCUT2D eigenvalue weighted by Crippen LogP contribution is 2.27. The van der Waals surface area contributed by atoms with Crippen LogP contribution in [0.2, 0.25) is 5.02 Å². The summed E-state index contributed by atoms with van der Waals surface area (Å²) in [6, 6.07) is 22.1. The van der Waals surface area contributed by atoms with Crippen molar-refractivity contribution in [2.24, 2.45) is 0 Å². The Morgan fingerprint density at radius 2 is 1.78 bits per heavy atom. The van der Waals surface area contributed by atoms with Gasteiger partial charge in [-0.1, -0.05) is 47.5 Å². The third-order valence-electron chi connectivity index (χ3n) is 5.73. The van der Waals surface area contributed by atoms with E-state index in [1.165, 1.54) is 4.90 Å². The third kappa shape index (κ3) is 5.75. The third-order valence-corrected chi connectivity index (χ3v) is 5.98. The van der Waals surface area contributed by atoms with Crippen LogP contribution >= 0.6 is 11.6 Å². The molecule has 1 N–H and O–H groups in total. The number of rotatable bonds is 8. The molecule has 0 aliphatic heterocycles. The number of hydrogen-bond donors (Lipinski definition) is 1. The molecule has 4 aromatic rings. The van der Waals surface area contributed by atoms with Crippen molar-refractivity contribution in [3.8, 4) is 22.7 Å². The van der Waals surface area contributed by atoms with E-state index in [2.05, 4.69) is 10.3 Å². The zero-order chi connectivity index (χ0) is 25.7. The van der Waals surface area contributed by atoms with E-state index in [9.17, 15) is 9.59 Å². The second-order valence-corrected chi connectivity index (χ2v) is 8.70. The Balaban J connectivity index is 1.61. The molecule has 1 aromatic heterocycles. The number of nitrogens with zero attached hydrogens (tertiary/aromatic N) is 3. The van der Waals surface area contributed by atoms with Crippen LogP contribution in [-0.4, -0.2) is 46.5 Å². The van der Waals surface area contributed by atoms with Gasteiger partial charge in [-0.25, -0.2) is 4.98 Å². The van der Waals surface area contributed by atoms with Crippen molar-refractivity contribution in [2.75, 3.05) is 25.5 Å². The van der Waals surface area contributed by atoms with E-state index in [1.807, 2.05) is 68.6 Å². The van der Waals surface area contributed by atoms with Crippen molar-refractivity contribution in [3.05, 3.63) is 95.1 Å². The summed E-state index contributed by atoms with van der Waals surface area (Å²) in [6.45, 7) is 4.09. The summed E-state index contributed by atoms with van der Waals surface area (Å²) in [6.07, 6.45) is 1.84. The molecule has 1 heterocycles. The lowest BCUT2D eigenvalue weighted by atomic mass is 10.1. The minimum atomic E-state index is -0.352. The summed E-state index contributed by atoms with van der Waals surface area (Å²) in [5, 5.41) is 3.50. The van der Waals surface area contributed by atoms with Crippen LogP contribution in [0.15, 0.2) is 79.0 Å². The summed E-state index contributed by atoms with van der Waals surface area (Å²) in [5.74, 6) is 0.449. The van der Waals surface area contributed by atoms with Gasteiger partial charge in [-0.2, -0.15) is 0 Å². The molecule has 0 saturated carbocycles. The van der Waals surface area contributed by atoms with Crippen LogP contribution in [0.3, 0.4) is 0 Å². The normalized spacial score (nSPS) is 10.7. The van der Waals surface area contributed by atoms with Gasteiger partial charge in [-0.3, -0.25) is 19.5 Å². The number of carbonyl (C=O) groups excluding carboxylic acids is 2. The number of nitrogens with one attached hydrogen (secondary N) is 1. The van der Waals surface area contributed by atoms with Crippen molar-refractivity contribution in [3.63, 3.8) is 0 Å². The number of methoxy groups -OCH3 is 1. The van der Waals surface area contributed by atoms with E-state index >= 15 is 0 Å². The van der Waals surface area contributed by atoms with Gasteiger partial charge in [0.05, 0.1) is 18.5 Å². The molecule has 0 radical (unpaired) electrons. The van der Waals surface area contributed by atoms with Crippen molar-refractivity contribution in [2.45, 2.75) is 13.8 Å². The Hall–Kier alpha value is -4.10. The molecule has 0 aliphatic carbocycles. The second-order valence-electron chi connectivity index (χ2n) is 8.26. The van der Waals surface area contributed by atoms with Gasteiger partial charge in [0.2, 0.25) is 11.9 Å². The number of amides is 2. The molecule has 36 heavy (non-hydrogen) atoms. The second kappa shape index (κ2) is 11.1. The summed E-state index contributed by atoms with van der Waals surface area (Å²) in [5.41, 5.74) is 3.88. The monoisotopic (exact) mass is 502 g/mol. The molecule has 7 nitrogen and oxygen atoms in total. The molecule has 0 spiro atoms. The summed E-state index contributed by atoms with van der Waals surface area (Å²) < 4.78 is 7.15. The lowest BCUT2D eigenvalue weighted by Gasteiger charge is -2.20. The summed E-state index contributed by atoms with van der Waals surface area (Å²) in [4.78, 5) is 32.2. The fourth-order valence-corrected chi connectivity index (χ4v) is 3.85. The van der Waals surface area contributed by atoms with E-state index in [4.69, 9.17) is 16.3 Å². The predicted octanol–water partition coefficient (Wildman–Crippen LogP) is 5.61. The molecule has 0 saturated heterocycles.